The number of halogens is 3. The van der Waals surface area contributed by atoms with E-state index in [1.807, 2.05) is 0 Å². The molecule has 0 unspecified atom stereocenters. The van der Waals surface area contributed by atoms with Crippen LogP contribution in [0.3, 0.4) is 0 Å². The van der Waals surface area contributed by atoms with Gasteiger partial charge in [0.2, 0.25) is 0 Å². The molecule has 0 radical (unpaired) electrons. The monoisotopic (exact) mass is 476 g/mol. The molecule has 34 heavy (non-hydrogen) atoms. The molecule has 0 amide bonds. The highest BCUT2D eigenvalue weighted by molar-refractivity contribution is 5.89. The van der Waals surface area contributed by atoms with Crippen molar-refractivity contribution >= 4 is 11.9 Å². The second-order valence-electron chi connectivity index (χ2n) is 8.31. The van der Waals surface area contributed by atoms with E-state index >= 15 is 0 Å². The van der Waals surface area contributed by atoms with Gasteiger partial charge in [0.1, 0.15) is 30.7 Å². The van der Waals surface area contributed by atoms with Gasteiger partial charge in [0, 0.05) is 18.3 Å². The first-order valence-electron chi connectivity index (χ1n) is 10.8. The predicted molar refractivity (Wildman–Crippen MR) is 114 cm³/mol. The van der Waals surface area contributed by atoms with Crippen molar-refractivity contribution in [1.82, 2.24) is 0 Å². The summed E-state index contributed by atoms with van der Waals surface area (Å²) in [6.45, 7) is -0.275. The third-order valence-corrected chi connectivity index (χ3v) is 5.96. The number of hydrogen-bond acceptors (Lipinski definition) is 6. The van der Waals surface area contributed by atoms with Crippen LogP contribution >= 0.6 is 0 Å². The van der Waals surface area contributed by atoms with E-state index < -0.39 is 29.9 Å². The quantitative estimate of drug-likeness (QED) is 0.477. The van der Waals surface area contributed by atoms with Crippen LogP contribution in [0.2, 0.25) is 0 Å². The van der Waals surface area contributed by atoms with E-state index in [-0.39, 0.29) is 42.7 Å². The van der Waals surface area contributed by atoms with Gasteiger partial charge in [-0.15, -0.1) is 0 Å². The van der Waals surface area contributed by atoms with Gasteiger partial charge in [0.15, 0.2) is 0 Å². The maximum atomic E-state index is 12.8. The van der Waals surface area contributed by atoms with Gasteiger partial charge in [0.25, 0.3) is 0 Å². The second kappa shape index (κ2) is 9.89. The van der Waals surface area contributed by atoms with Gasteiger partial charge in [-0.3, -0.25) is 4.79 Å². The van der Waals surface area contributed by atoms with Crippen molar-refractivity contribution in [3.8, 4) is 5.75 Å². The Kier molecular flexibility index (Phi) is 6.92. The molecular weight excluding hydrogens is 453 g/mol. The molecule has 180 valence electrons. The molecule has 9 heteroatoms. The summed E-state index contributed by atoms with van der Waals surface area (Å²) < 4.78 is 54.9. The highest BCUT2D eigenvalue weighted by Crippen LogP contribution is 2.43. The van der Waals surface area contributed by atoms with E-state index in [1.54, 1.807) is 36.4 Å². The maximum absolute atomic E-state index is 12.8. The van der Waals surface area contributed by atoms with E-state index in [4.69, 9.17) is 14.2 Å². The molecule has 4 rings (SSSR count). The molecular formula is C25H23F3O6. The average Bonchev–Trinajstić information content (AvgIpc) is 3.31. The summed E-state index contributed by atoms with van der Waals surface area (Å²) in [4.78, 5) is 24.3. The average molecular weight is 476 g/mol. The number of hydrogen-bond donors (Lipinski definition) is 1. The number of alkyl halides is 3. The Morgan fingerprint density at radius 3 is 2.68 bits per heavy atom. The summed E-state index contributed by atoms with van der Waals surface area (Å²) in [6.07, 6.45) is -2.93. The van der Waals surface area contributed by atoms with Gasteiger partial charge in [-0.05, 0) is 30.3 Å². The van der Waals surface area contributed by atoms with Gasteiger partial charge in [-0.1, -0.05) is 36.4 Å². The van der Waals surface area contributed by atoms with Gasteiger partial charge >= 0.3 is 18.1 Å². The van der Waals surface area contributed by atoms with Gasteiger partial charge in [0.05, 0.1) is 17.5 Å². The van der Waals surface area contributed by atoms with Crippen molar-refractivity contribution in [1.29, 1.82) is 0 Å². The van der Waals surface area contributed by atoms with Crippen molar-refractivity contribution in [2.45, 2.75) is 37.3 Å². The fourth-order valence-corrected chi connectivity index (χ4v) is 4.33. The molecule has 0 aromatic heterocycles. The number of aliphatic hydroxyl groups excluding tert-OH is 1. The predicted octanol–water partition coefficient (Wildman–Crippen LogP) is 4.18. The molecule has 2 fully saturated rings. The molecule has 1 saturated heterocycles. The van der Waals surface area contributed by atoms with Crippen molar-refractivity contribution in [3.05, 3.63) is 77.9 Å². The Hall–Kier alpha value is -3.33. The molecule has 0 bridgehead atoms. The first-order valence-corrected chi connectivity index (χ1v) is 10.8. The van der Waals surface area contributed by atoms with Gasteiger partial charge in [-0.2, -0.15) is 13.2 Å². The van der Waals surface area contributed by atoms with Crippen molar-refractivity contribution in [2.75, 3.05) is 6.61 Å². The summed E-state index contributed by atoms with van der Waals surface area (Å²) in [6, 6.07) is 12.9. The lowest BCUT2D eigenvalue weighted by molar-refractivity contribution is -0.142. The lowest BCUT2D eigenvalue weighted by atomic mass is 9.91. The summed E-state index contributed by atoms with van der Waals surface area (Å²) in [5.41, 5.74) is -0.449. The topological polar surface area (TPSA) is 82.1 Å². The minimum atomic E-state index is -4.50. The lowest BCUT2D eigenvalue weighted by Crippen LogP contribution is -2.25. The summed E-state index contributed by atoms with van der Waals surface area (Å²) >= 11 is 0. The zero-order valence-electron chi connectivity index (χ0n) is 18.0. The number of rotatable bonds is 7. The minimum absolute atomic E-state index is 0.0207. The van der Waals surface area contributed by atoms with Gasteiger partial charge < -0.3 is 19.3 Å². The van der Waals surface area contributed by atoms with Crippen molar-refractivity contribution < 1.29 is 42.1 Å². The number of ether oxygens (including phenoxy) is 3. The molecule has 6 nitrogen and oxygen atoms in total. The Labute approximate surface area is 193 Å². The molecule has 5 atom stereocenters. The number of fused-ring (bicyclic) bond motifs is 1. The summed E-state index contributed by atoms with van der Waals surface area (Å²) in [5, 5.41) is 10.3. The van der Waals surface area contributed by atoms with Crippen LogP contribution in [0.5, 0.6) is 5.75 Å². The first kappa shape index (κ1) is 23.8. The Morgan fingerprint density at radius 1 is 1.18 bits per heavy atom. The molecule has 2 aliphatic rings. The number of aliphatic hydroxyl groups is 1. The second-order valence-corrected chi connectivity index (χ2v) is 8.31. The Morgan fingerprint density at radius 2 is 1.94 bits per heavy atom. The zero-order chi connectivity index (χ0) is 24.3. The third kappa shape index (κ3) is 5.59. The molecule has 0 spiro atoms. The van der Waals surface area contributed by atoms with E-state index in [0.717, 1.165) is 12.1 Å². The van der Waals surface area contributed by atoms with Crippen LogP contribution in [-0.4, -0.2) is 42.0 Å². The highest BCUT2D eigenvalue weighted by Gasteiger charge is 2.50. The SMILES string of the molecule is O=C1C[C@H]2[C@H](/C=C/[C@@H](O)COc3cccc(C(F)(F)F)c3)[C@@H](OC(=O)c3ccccc3)C[C@H]2O1. The summed E-state index contributed by atoms with van der Waals surface area (Å²) in [7, 11) is 0. The molecule has 1 saturated carbocycles. The molecule has 1 aliphatic heterocycles. The van der Waals surface area contributed by atoms with E-state index in [9.17, 15) is 27.9 Å². The van der Waals surface area contributed by atoms with Crippen molar-refractivity contribution in [2.24, 2.45) is 11.8 Å². The Balaban J connectivity index is 1.40. The fraction of sp³-hybridized carbons (Fsp3) is 0.360. The smallest absolute Gasteiger partial charge is 0.416 e. The minimum Gasteiger partial charge on any atom is -0.491 e. The van der Waals surface area contributed by atoms with Crippen LogP contribution in [0, 0.1) is 11.8 Å². The van der Waals surface area contributed by atoms with Gasteiger partial charge in [-0.25, -0.2) is 4.79 Å². The molecule has 1 heterocycles. The van der Waals surface area contributed by atoms with Crippen LogP contribution in [0.15, 0.2) is 66.7 Å². The molecule has 2 aromatic rings. The normalized spacial score (nSPS) is 25.1. The number of benzene rings is 2. The van der Waals surface area contributed by atoms with E-state index in [2.05, 4.69) is 0 Å². The van der Waals surface area contributed by atoms with Crippen LogP contribution in [0.4, 0.5) is 13.2 Å². The Bertz CT molecular complexity index is 1050. The standard InChI is InChI=1S/C25H23F3O6/c26-25(27,28)16-7-4-8-18(11-16)32-14-17(29)9-10-19-20-12-23(30)33-22(20)13-21(19)34-24(31)15-5-2-1-3-6-15/h1-11,17,19-22,29H,12-14H2/b10-9+/t17-,19+,20+,21+,22-/m1/s1. The van der Waals surface area contributed by atoms with Crippen LogP contribution in [-0.2, 0) is 20.4 Å². The molecule has 2 aromatic carbocycles. The summed E-state index contributed by atoms with van der Waals surface area (Å²) in [5.74, 6) is -1.41. The number of carbonyl (C=O) groups is 2. The third-order valence-electron chi connectivity index (χ3n) is 5.96. The van der Waals surface area contributed by atoms with Crippen molar-refractivity contribution in [3.63, 3.8) is 0 Å². The molecule has 1 N–H and O–H groups in total. The van der Waals surface area contributed by atoms with Crippen LogP contribution < -0.4 is 4.74 Å². The highest BCUT2D eigenvalue weighted by atomic mass is 19.4. The lowest BCUT2D eigenvalue weighted by Gasteiger charge is -2.20. The van der Waals surface area contributed by atoms with Crippen LogP contribution in [0.1, 0.15) is 28.8 Å². The molecule has 1 aliphatic carbocycles. The number of esters is 2. The van der Waals surface area contributed by atoms with E-state index in [0.29, 0.717) is 12.0 Å². The largest absolute Gasteiger partial charge is 0.491 e. The van der Waals surface area contributed by atoms with E-state index in [1.165, 1.54) is 18.2 Å². The fourth-order valence-electron chi connectivity index (χ4n) is 4.33. The zero-order valence-corrected chi connectivity index (χ0v) is 18.0. The number of carbonyl (C=O) groups excluding carboxylic acids is 2. The maximum Gasteiger partial charge on any atom is 0.416 e. The van der Waals surface area contributed by atoms with Crippen LogP contribution in [0.25, 0.3) is 0 Å². The first-order chi connectivity index (χ1) is 16.2.